The zero-order chi connectivity index (χ0) is 15.2. The molecule has 1 aromatic heterocycles. The lowest BCUT2D eigenvalue weighted by Crippen LogP contribution is -2.25. The average molecular weight is 306 g/mol. The number of nitrogens with zero attached hydrogens (tertiary/aromatic N) is 2. The molecule has 0 bridgehead atoms. The Morgan fingerprint density at radius 2 is 2.00 bits per heavy atom. The number of benzene rings is 1. The zero-order valence-electron chi connectivity index (χ0n) is 13.1. The van der Waals surface area contributed by atoms with E-state index in [2.05, 4.69) is 36.0 Å². The first-order valence-electron chi connectivity index (χ1n) is 7.66. The fourth-order valence-electron chi connectivity index (χ4n) is 2.55. The highest BCUT2D eigenvalue weighted by molar-refractivity contribution is 6.31. The highest BCUT2D eigenvalue weighted by Crippen LogP contribution is 2.27. The van der Waals surface area contributed by atoms with E-state index in [9.17, 15) is 0 Å². The molecule has 0 amide bonds. The van der Waals surface area contributed by atoms with Crippen LogP contribution in [0.3, 0.4) is 0 Å². The molecule has 0 radical (unpaired) electrons. The van der Waals surface area contributed by atoms with Gasteiger partial charge in [0.1, 0.15) is 0 Å². The van der Waals surface area contributed by atoms with Crippen LogP contribution < -0.4 is 5.32 Å². The third-order valence-electron chi connectivity index (χ3n) is 3.87. The summed E-state index contributed by atoms with van der Waals surface area (Å²) in [6.07, 6.45) is 3.05. The Bertz CT molecular complexity index is 589. The molecule has 0 fully saturated rings. The standard InChI is InChI=1S/C17H24ClN3/c1-4-21(5-2)10-6-9-19-17-13(3)12-20-16-8-7-14(18)11-15(16)17/h7-8,11-12H,4-6,9-10H2,1-3H3,(H,19,20). The summed E-state index contributed by atoms with van der Waals surface area (Å²) in [5.74, 6) is 0. The second-order valence-corrected chi connectivity index (χ2v) is 5.72. The van der Waals surface area contributed by atoms with E-state index in [1.807, 2.05) is 24.4 Å². The van der Waals surface area contributed by atoms with Crippen molar-refractivity contribution in [3.8, 4) is 0 Å². The number of aromatic nitrogens is 1. The molecule has 0 aliphatic carbocycles. The van der Waals surface area contributed by atoms with Gasteiger partial charge < -0.3 is 10.2 Å². The quantitative estimate of drug-likeness (QED) is 0.771. The van der Waals surface area contributed by atoms with Gasteiger partial charge in [0.25, 0.3) is 0 Å². The van der Waals surface area contributed by atoms with Crippen molar-refractivity contribution in [2.75, 3.05) is 31.5 Å². The predicted octanol–water partition coefficient (Wildman–Crippen LogP) is 4.34. The minimum atomic E-state index is 0.751. The van der Waals surface area contributed by atoms with Crippen LogP contribution in [0.5, 0.6) is 0 Å². The van der Waals surface area contributed by atoms with Crippen molar-refractivity contribution in [3.63, 3.8) is 0 Å². The number of halogens is 1. The minimum absolute atomic E-state index is 0.751. The van der Waals surface area contributed by atoms with Gasteiger partial charge in [-0.1, -0.05) is 25.4 Å². The first kappa shape index (κ1) is 16.1. The molecule has 21 heavy (non-hydrogen) atoms. The summed E-state index contributed by atoms with van der Waals surface area (Å²) in [6.45, 7) is 10.8. The molecule has 2 aromatic rings. The van der Waals surface area contributed by atoms with Crippen molar-refractivity contribution in [1.82, 2.24) is 9.88 Å². The van der Waals surface area contributed by atoms with Gasteiger partial charge in [0.15, 0.2) is 0 Å². The lowest BCUT2D eigenvalue weighted by molar-refractivity contribution is 0.303. The van der Waals surface area contributed by atoms with E-state index < -0.39 is 0 Å². The maximum Gasteiger partial charge on any atom is 0.0723 e. The van der Waals surface area contributed by atoms with E-state index in [0.717, 1.165) is 59.8 Å². The Balaban J connectivity index is 2.07. The van der Waals surface area contributed by atoms with Gasteiger partial charge in [0.2, 0.25) is 0 Å². The number of nitrogens with one attached hydrogen (secondary N) is 1. The molecule has 1 heterocycles. The Hall–Kier alpha value is -1.32. The lowest BCUT2D eigenvalue weighted by Gasteiger charge is -2.18. The molecule has 1 aromatic carbocycles. The van der Waals surface area contributed by atoms with E-state index in [-0.39, 0.29) is 0 Å². The predicted molar refractivity (Wildman–Crippen MR) is 92.4 cm³/mol. The Morgan fingerprint density at radius 3 is 2.71 bits per heavy atom. The Labute approximate surface area is 132 Å². The van der Waals surface area contributed by atoms with Gasteiger partial charge in [-0.25, -0.2) is 0 Å². The average Bonchev–Trinajstić information content (AvgIpc) is 2.49. The van der Waals surface area contributed by atoms with Crippen molar-refractivity contribution < 1.29 is 0 Å². The number of aryl methyl sites for hydroxylation is 1. The smallest absolute Gasteiger partial charge is 0.0723 e. The number of hydrogen-bond donors (Lipinski definition) is 1. The molecule has 0 saturated heterocycles. The zero-order valence-corrected chi connectivity index (χ0v) is 13.9. The maximum absolute atomic E-state index is 6.12. The summed E-state index contributed by atoms with van der Waals surface area (Å²) >= 11 is 6.12. The van der Waals surface area contributed by atoms with Crippen LogP contribution in [-0.2, 0) is 0 Å². The first-order chi connectivity index (χ1) is 10.2. The highest BCUT2D eigenvalue weighted by atomic mass is 35.5. The van der Waals surface area contributed by atoms with Crippen LogP contribution in [0.25, 0.3) is 10.9 Å². The van der Waals surface area contributed by atoms with Gasteiger partial charge in [0.05, 0.1) is 5.52 Å². The van der Waals surface area contributed by atoms with Crippen molar-refractivity contribution in [1.29, 1.82) is 0 Å². The third-order valence-corrected chi connectivity index (χ3v) is 4.10. The first-order valence-corrected chi connectivity index (χ1v) is 8.04. The van der Waals surface area contributed by atoms with Gasteiger partial charge in [-0.2, -0.15) is 0 Å². The molecule has 0 unspecified atom stereocenters. The molecule has 4 heteroatoms. The number of anilines is 1. The molecule has 3 nitrogen and oxygen atoms in total. The highest BCUT2D eigenvalue weighted by Gasteiger charge is 2.06. The fraction of sp³-hybridized carbons (Fsp3) is 0.471. The Morgan fingerprint density at radius 1 is 1.24 bits per heavy atom. The van der Waals surface area contributed by atoms with Crippen LogP contribution in [0.15, 0.2) is 24.4 Å². The van der Waals surface area contributed by atoms with Gasteiger partial charge in [-0.3, -0.25) is 4.98 Å². The number of hydrogen-bond acceptors (Lipinski definition) is 3. The normalized spacial score (nSPS) is 11.3. The molecule has 0 aliphatic heterocycles. The molecule has 1 N–H and O–H groups in total. The number of rotatable bonds is 7. The molecule has 0 aliphatic rings. The van der Waals surface area contributed by atoms with Gasteiger partial charge in [0, 0.05) is 28.8 Å². The number of fused-ring (bicyclic) bond motifs is 1. The Kier molecular flexibility index (Phi) is 5.83. The maximum atomic E-state index is 6.12. The SMILES string of the molecule is CCN(CC)CCCNc1c(C)cnc2ccc(Cl)cc12. The minimum Gasteiger partial charge on any atom is -0.384 e. The van der Waals surface area contributed by atoms with E-state index in [1.54, 1.807) is 0 Å². The monoisotopic (exact) mass is 305 g/mol. The van der Waals surface area contributed by atoms with E-state index in [4.69, 9.17) is 11.6 Å². The molecule has 114 valence electrons. The van der Waals surface area contributed by atoms with Gasteiger partial charge >= 0.3 is 0 Å². The van der Waals surface area contributed by atoms with Crippen LogP contribution >= 0.6 is 11.6 Å². The van der Waals surface area contributed by atoms with Crippen LogP contribution in [-0.4, -0.2) is 36.1 Å². The van der Waals surface area contributed by atoms with Crippen molar-refractivity contribution in [2.24, 2.45) is 0 Å². The summed E-state index contributed by atoms with van der Waals surface area (Å²) in [5.41, 5.74) is 3.30. The summed E-state index contributed by atoms with van der Waals surface area (Å²) in [7, 11) is 0. The van der Waals surface area contributed by atoms with Crippen LogP contribution in [0.1, 0.15) is 25.8 Å². The summed E-state index contributed by atoms with van der Waals surface area (Å²) in [4.78, 5) is 6.90. The third kappa shape index (κ3) is 4.08. The molecular formula is C17H24ClN3. The molecule has 0 atom stereocenters. The van der Waals surface area contributed by atoms with Crippen molar-refractivity contribution in [2.45, 2.75) is 27.2 Å². The summed E-state index contributed by atoms with van der Waals surface area (Å²) in [5, 5.41) is 5.41. The second-order valence-electron chi connectivity index (χ2n) is 5.28. The molecule has 2 rings (SSSR count). The fourth-order valence-corrected chi connectivity index (χ4v) is 2.73. The van der Waals surface area contributed by atoms with E-state index >= 15 is 0 Å². The van der Waals surface area contributed by atoms with Crippen molar-refractivity contribution >= 4 is 28.2 Å². The second kappa shape index (κ2) is 7.62. The van der Waals surface area contributed by atoms with Gasteiger partial charge in [-0.05, 0) is 56.7 Å². The van der Waals surface area contributed by atoms with E-state index in [0.29, 0.717) is 0 Å². The number of pyridine rings is 1. The molecule has 0 spiro atoms. The lowest BCUT2D eigenvalue weighted by atomic mass is 10.1. The molecular weight excluding hydrogens is 282 g/mol. The molecule has 0 saturated carbocycles. The van der Waals surface area contributed by atoms with Crippen LogP contribution in [0.2, 0.25) is 5.02 Å². The van der Waals surface area contributed by atoms with Crippen molar-refractivity contribution in [3.05, 3.63) is 35.0 Å². The van der Waals surface area contributed by atoms with Crippen LogP contribution in [0.4, 0.5) is 5.69 Å². The van der Waals surface area contributed by atoms with Gasteiger partial charge in [-0.15, -0.1) is 0 Å². The topological polar surface area (TPSA) is 28.2 Å². The summed E-state index contributed by atoms with van der Waals surface area (Å²) in [6, 6.07) is 5.85. The van der Waals surface area contributed by atoms with E-state index in [1.165, 1.54) is 0 Å². The van der Waals surface area contributed by atoms with Crippen LogP contribution in [0, 0.1) is 6.92 Å². The summed E-state index contributed by atoms with van der Waals surface area (Å²) < 4.78 is 0. The largest absolute Gasteiger partial charge is 0.384 e.